The van der Waals surface area contributed by atoms with Crippen LogP contribution in [0.1, 0.15) is 25.3 Å². The van der Waals surface area contributed by atoms with Crippen molar-refractivity contribution in [3.8, 4) is 11.5 Å². The largest absolute Gasteiger partial charge is 0.490 e. The first-order chi connectivity index (χ1) is 11.9. The number of halogens is 1. The van der Waals surface area contributed by atoms with Gasteiger partial charge in [0.15, 0.2) is 18.1 Å². The maximum atomic E-state index is 11.7. The number of amides is 2. The van der Waals surface area contributed by atoms with Crippen LogP contribution in [-0.4, -0.2) is 50.2 Å². The first-order valence-electron chi connectivity index (χ1n) is 8.04. The quantitative estimate of drug-likeness (QED) is 0.524. The topological polar surface area (TPSA) is 80.2 Å². The van der Waals surface area contributed by atoms with Crippen LogP contribution in [0, 0.1) is 5.92 Å². The molecule has 136 valence electrons. The van der Waals surface area contributed by atoms with E-state index in [1.165, 1.54) is 4.90 Å². The summed E-state index contributed by atoms with van der Waals surface area (Å²) in [5, 5.41) is 3.97. The van der Waals surface area contributed by atoms with Crippen molar-refractivity contribution in [3.63, 3.8) is 0 Å². The number of rotatable bonds is 8. The third-order valence-electron chi connectivity index (χ3n) is 3.51. The average molecular weight is 412 g/mol. The summed E-state index contributed by atoms with van der Waals surface area (Å²) in [6.07, 6.45) is 3.40. The number of nitrogens with zero attached hydrogens (tertiary/aromatic N) is 2. The average Bonchev–Trinajstić information content (AvgIpc) is 3.38. The van der Waals surface area contributed by atoms with Crippen LogP contribution in [0.5, 0.6) is 11.5 Å². The summed E-state index contributed by atoms with van der Waals surface area (Å²) in [5.74, 6) is 0.854. The predicted octanol–water partition coefficient (Wildman–Crippen LogP) is 2.17. The number of nitrogens with one attached hydrogen (secondary N) is 1. The molecule has 7 nitrogen and oxygen atoms in total. The highest BCUT2D eigenvalue weighted by atomic mass is 79.9. The Bertz CT molecular complexity index is 672. The van der Waals surface area contributed by atoms with E-state index < -0.39 is 0 Å². The normalized spacial score (nSPS) is 13.6. The highest BCUT2D eigenvalue weighted by molar-refractivity contribution is 9.10. The standard InChI is InChI=1S/C17H22BrN3O4/c1-4-24-14-8-11(9-19-20-17(23)12-5-6-12)7-13(18)16(14)25-10-15(22)21(2)3/h7-9,12H,4-6,10H2,1-3H3,(H,20,23)/b19-9+. The van der Waals surface area contributed by atoms with E-state index in [0.717, 1.165) is 18.4 Å². The Balaban J connectivity index is 2.10. The second-order valence-electron chi connectivity index (χ2n) is 5.85. The van der Waals surface area contributed by atoms with E-state index >= 15 is 0 Å². The zero-order chi connectivity index (χ0) is 18.4. The lowest BCUT2D eigenvalue weighted by atomic mass is 10.2. The van der Waals surface area contributed by atoms with Crippen LogP contribution in [0.25, 0.3) is 0 Å². The molecule has 1 N–H and O–H groups in total. The van der Waals surface area contributed by atoms with Gasteiger partial charge < -0.3 is 14.4 Å². The molecule has 1 aromatic carbocycles. The van der Waals surface area contributed by atoms with Crippen LogP contribution < -0.4 is 14.9 Å². The number of hydrogen-bond acceptors (Lipinski definition) is 5. The maximum absolute atomic E-state index is 11.7. The van der Waals surface area contributed by atoms with Gasteiger partial charge in [0, 0.05) is 20.0 Å². The second kappa shape index (κ2) is 8.84. The van der Waals surface area contributed by atoms with E-state index in [-0.39, 0.29) is 24.3 Å². The molecule has 2 rings (SSSR count). The summed E-state index contributed by atoms with van der Waals surface area (Å²) in [6.45, 7) is 2.22. The SMILES string of the molecule is CCOc1cc(/C=N/NC(=O)C2CC2)cc(Br)c1OCC(=O)N(C)C. The van der Waals surface area contributed by atoms with E-state index in [0.29, 0.717) is 22.6 Å². The summed E-state index contributed by atoms with van der Waals surface area (Å²) in [7, 11) is 3.33. The van der Waals surface area contributed by atoms with Crippen molar-refractivity contribution in [1.82, 2.24) is 10.3 Å². The Morgan fingerprint density at radius 3 is 2.68 bits per heavy atom. The minimum atomic E-state index is -0.150. The lowest BCUT2D eigenvalue weighted by Crippen LogP contribution is -2.27. The molecule has 8 heteroatoms. The van der Waals surface area contributed by atoms with Crippen LogP contribution in [-0.2, 0) is 9.59 Å². The molecule has 0 spiro atoms. The first-order valence-corrected chi connectivity index (χ1v) is 8.83. The fourth-order valence-corrected chi connectivity index (χ4v) is 2.51. The van der Waals surface area contributed by atoms with Gasteiger partial charge in [-0.3, -0.25) is 9.59 Å². The van der Waals surface area contributed by atoms with E-state index in [1.807, 2.05) is 6.92 Å². The molecule has 25 heavy (non-hydrogen) atoms. The van der Waals surface area contributed by atoms with Crippen molar-refractivity contribution in [1.29, 1.82) is 0 Å². The summed E-state index contributed by atoms with van der Waals surface area (Å²) in [6, 6.07) is 3.53. The van der Waals surface area contributed by atoms with Gasteiger partial charge in [0.1, 0.15) is 0 Å². The van der Waals surface area contributed by atoms with Crippen molar-refractivity contribution < 1.29 is 19.1 Å². The molecule has 1 saturated carbocycles. The van der Waals surface area contributed by atoms with Gasteiger partial charge in [-0.25, -0.2) is 5.43 Å². The van der Waals surface area contributed by atoms with Crippen LogP contribution in [0.3, 0.4) is 0 Å². The Morgan fingerprint density at radius 2 is 2.08 bits per heavy atom. The number of likely N-dealkylation sites (N-methyl/N-ethyl adjacent to an activating group) is 1. The van der Waals surface area contributed by atoms with Crippen molar-refractivity contribution in [3.05, 3.63) is 22.2 Å². The minimum absolute atomic E-state index is 0.0532. The Kier molecular flexibility index (Phi) is 6.81. The predicted molar refractivity (Wildman–Crippen MR) is 98.0 cm³/mol. The van der Waals surface area contributed by atoms with Gasteiger partial charge >= 0.3 is 0 Å². The first kappa shape index (κ1) is 19.2. The van der Waals surface area contributed by atoms with Gasteiger partial charge in [-0.15, -0.1) is 0 Å². The molecule has 0 heterocycles. The zero-order valence-corrected chi connectivity index (χ0v) is 16.1. The van der Waals surface area contributed by atoms with Gasteiger partial charge in [0.2, 0.25) is 5.91 Å². The molecule has 0 aliphatic heterocycles. The van der Waals surface area contributed by atoms with E-state index in [9.17, 15) is 9.59 Å². The molecule has 0 unspecified atom stereocenters. The van der Waals surface area contributed by atoms with Crippen LogP contribution >= 0.6 is 15.9 Å². The maximum Gasteiger partial charge on any atom is 0.259 e. The molecule has 2 amide bonds. The van der Waals surface area contributed by atoms with Crippen molar-refractivity contribution in [2.75, 3.05) is 27.3 Å². The Labute approximate surface area is 155 Å². The highest BCUT2D eigenvalue weighted by Gasteiger charge is 2.29. The molecular weight excluding hydrogens is 390 g/mol. The molecule has 1 aliphatic carbocycles. The number of benzene rings is 1. The molecule has 0 radical (unpaired) electrons. The van der Waals surface area contributed by atoms with Crippen molar-refractivity contribution in [2.24, 2.45) is 11.0 Å². The molecule has 0 bridgehead atoms. The van der Waals surface area contributed by atoms with Gasteiger partial charge in [0.25, 0.3) is 5.91 Å². The molecule has 0 atom stereocenters. The van der Waals surface area contributed by atoms with Gasteiger partial charge in [0.05, 0.1) is 17.3 Å². The van der Waals surface area contributed by atoms with Crippen molar-refractivity contribution >= 4 is 34.0 Å². The molecular formula is C17H22BrN3O4. The lowest BCUT2D eigenvalue weighted by molar-refractivity contribution is -0.130. The zero-order valence-electron chi connectivity index (χ0n) is 14.5. The third-order valence-corrected chi connectivity index (χ3v) is 4.10. The van der Waals surface area contributed by atoms with E-state index in [1.54, 1.807) is 32.4 Å². The molecule has 1 fully saturated rings. The number of hydrazone groups is 1. The fourth-order valence-electron chi connectivity index (χ4n) is 1.94. The van der Waals surface area contributed by atoms with Gasteiger partial charge in [-0.05, 0) is 53.4 Å². The summed E-state index contributed by atoms with van der Waals surface area (Å²) >= 11 is 3.43. The smallest absolute Gasteiger partial charge is 0.259 e. The lowest BCUT2D eigenvalue weighted by Gasteiger charge is -2.16. The van der Waals surface area contributed by atoms with Crippen molar-refractivity contribution in [2.45, 2.75) is 19.8 Å². The van der Waals surface area contributed by atoms with E-state index in [2.05, 4.69) is 26.5 Å². The fraction of sp³-hybridized carbons (Fsp3) is 0.471. The van der Waals surface area contributed by atoms with Crippen LogP contribution in [0.2, 0.25) is 0 Å². The van der Waals surface area contributed by atoms with Gasteiger partial charge in [-0.2, -0.15) is 5.10 Å². The monoisotopic (exact) mass is 411 g/mol. The minimum Gasteiger partial charge on any atom is -0.490 e. The summed E-state index contributed by atoms with van der Waals surface area (Å²) in [5.41, 5.74) is 3.26. The number of ether oxygens (including phenoxy) is 2. The number of hydrogen-bond donors (Lipinski definition) is 1. The molecule has 0 saturated heterocycles. The number of carbonyl (C=O) groups excluding carboxylic acids is 2. The number of carbonyl (C=O) groups is 2. The second-order valence-corrected chi connectivity index (χ2v) is 6.70. The van der Waals surface area contributed by atoms with E-state index in [4.69, 9.17) is 9.47 Å². The third kappa shape index (κ3) is 5.74. The summed E-state index contributed by atoms with van der Waals surface area (Å²) < 4.78 is 11.8. The molecule has 1 aliphatic rings. The van der Waals surface area contributed by atoms with Crippen LogP contribution in [0.4, 0.5) is 0 Å². The molecule has 1 aromatic rings. The molecule has 0 aromatic heterocycles. The summed E-state index contributed by atoms with van der Waals surface area (Å²) in [4.78, 5) is 24.7. The van der Waals surface area contributed by atoms with Crippen LogP contribution in [0.15, 0.2) is 21.7 Å². The Morgan fingerprint density at radius 1 is 1.36 bits per heavy atom. The van der Waals surface area contributed by atoms with Gasteiger partial charge in [-0.1, -0.05) is 0 Å². The Hall–Kier alpha value is -2.09. The highest BCUT2D eigenvalue weighted by Crippen LogP contribution is 2.36.